The van der Waals surface area contributed by atoms with Crippen LogP contribution in [-0.2, 0) is 46.1 Å². The summed E-state index contributed by atoms with van der Waals surface area (Å²) < 4.78 is 108. The quantitative estimate of drug-likeness (QED) is 0.0596. The lowest BCUT2D eigenvalue weighted by Crippen LogP contribution is -2.58. The standard InChI is InChI=1S/C57H47Cl2F5N10O10/c1-28-65-52(74(69-28)43-19-34(58)10-14-38(43)57(62,63)64)51-50(48(49-44(83-51)26-82-56(84-49)31-5-3-2-4-6-31)73-24-41(68-70-73)33-17-39(60)47(59)40(61)18-33)81-27-46(76)71-21-29(22-71)25-80-36-12-8-30(9-13-36)53(77)66-35-11-7-32-23-72(55(79)37(32)20-35)42-15-16-45(75)67-54(42)78/h2-14,17-20,24,29,42,44,48-51,56H,15-16,21-23,25-27H2,1H3,(H,66,77)(H,67,75,78)/t42?,44-,48+,49+,50-,51-,56?/m1/s1. The van der Waals surface area contributed by atoms with Gasteiger partial charge in [-0.2, -0.15) is 18.3 Å². The van der Waals surface area contributed by atoms with Crippen LogP contribution in [-0.4, -0.2) is 126 Å². The van der Waals surface area contributed by atoms with Crippen molar-refractivity contribution < 1.29 is 69.6 Å². The van der Waals surface area contributed by atoms with Gasteiger partial charge in [-0.15, -0.1) is 5.10 Å². The van der Waals surface area contributed by atoms with Gasteiger partial charge in [-0.05, 0) is 85.6 Å². The minimum atomic E-state index is -4.89. The van der Waals surface area contributed by atoms with E-state index >= 15 is 0 Å². The van der Waals surface area contributed by atoms with Crippen LogP contribution in [0.3, 0.4) is 0 Å². The number of hydrogen-bond donors (Lipinski definition) is 2. The number of aromatic nitrogens is 6. The highest BCUT2D eigenvalue weighted by molar-refractivity contribution is 6.31. The SMILES string of the molecule is Cc1nc([C@@H]2O[C@@H]3COC(c4ccccc4)O[C@@H]3[C@H](n3cc(-c4cc(F)c(Cl)c(F)c4)nn3)[C@H]2OCC(=O)N2CC(COc3ccc(C(=O)Nc4ccc5c(c4)C(=O)N(C4CCC(=O)NC4=O)C5)cc3)C2)n(-c2cc(Cl)ccc2C(F)(F)F)n1. The molecule has 7 heterocycles. The Kier molecular flexibility index (Phi) is 15.2. The Balaban J connectivity index is 0.755. The number of rotatable bonds is 14. The van der Waals surface area contributed by atoms with Gasteiger partial charge in [-0.1, -0.05) is 64.8 Å². The maximum atomic E-state index is 14.9. The van der Waals surface area contributed by atoms with Crippen molar-refractivity contribution in [3.63, 3.8) is 0 Å². The van der Waals surface area contributed by atoms with Gasteiger partial charge in [0.25, 0.3) is 11.8 Å². The summed E-state index contributed by atoms with van der Waals surface area (Å²) in [4.78, 5) is 72.5. The van der Waals surface area contributed by atoms with Crippen LogP contribution >= 0.6 is 23.2 Å². The maximum absolute atomic E-state index is 14.9. The third kappa shape index (κ3) is 11.2. The molecule has 4 saturated heterocycles. The van der Waals surface area contributed by atoms with Gasteiger partial charge in [-0.3, -0.25) is 29.3 Å². The molecule has 0 spiro atoms. The van der Waals surface area contributed by atoms with E-state index in [1.54, 1.807) is 72.8 Å². The van der Waals surface area contributed by atoms with E-state index in [2.05, 4.69) is 31.0 Å². The zero-order valence-corrected chi connectivity index (χ0v) is 45.5. The molecule has 2 unspecified atom stereocenters. The molecule has 434 valence electrons. The highest BCUT2D eigenvalue weighted by Crippen LogP contribution is 2.47. The molecule has 2 aromatic heterocycles. The van der Waals surface area contributed by atoms with Gasteiger partial charge in [0.15, 0.2) is 12.1 Å². The molecule has 0 aliphatic carbocycles. The molecule has 12 rings (SSSR count). The van der Waals surface area contributed by atoms with E-state index in [9.17, 15) is 45.9 Å². The van der Waals surface area contributed by atoms with Crippen molar-refractivity contribution in [1.29, 1.82) is 0 Å². The fraction of sp³-hybridized carbons (Fsp3) is 0.316. The Bertz CT molecular complexity index is 3710. The molecule has 2 N–H and O–H groups in total. The molecule has 0 bridgehead atoms. The normalized spacial score (nSPS) is 22.5. The van der Waals surface area contributed by atoms with Gasteiger partial charge < -0.3 is 38.8 Å². The number of anilines is 1. The van der Waals surface area contributed by atoms with Gasteiger partial charge in [-0.25, -0.2) is 23.1 Å². The van der Waals surface area contributed by atoms with E-state index in [4.69, 9.17) is 46.9 Å². The van der Waals surface area contributed by atoms with Crippen LogP contribution < -0.4 is 15.4 Å². The van der Waals surface area contributed by atoms with Gasteiger partial charge in [0.05, 0.1) is 30.7 Å². The summed E-state index contributed by atoms with van der Waals surface area (Å²) in [5.41, 5.74) is 0.691. The van der Waals surface area contributed by atoms with Crippen LogP contribution in [0, 0.1) is 24.5 Å². The molecule has 20 nitrogen and oxygen atoms in total. The van der Waals surface area contributed by atoms with Crippen molar-refractivity contribution in [3.8, 4) is 22.7 Å². The molecule has 0 radical (unpaired) electrons. The Hall–Kier alpha value is -8.20. The van der Waals surface area contributed by atoms with Crippen LogP contribution in [0.15, 0.2) is 109 Å². The predicted molar refractivity (Wildman–Crippen MR) is 285 cm³/mol. The highest BCUT2D eigenvalue weighted by Gasteiger charge is 2.54. The average molecular weight is 1200 g/mol. The van der Waals surface area contributed by atoms with E-state index in [-0.39, 0.29) is 91.4 Å². The number of carbonyl (C=O) groups is 5. The third-order valence-electron chi connectivity index (χ3n) is 15.1. The topological polar surface area (TPSA) is 223 Å². The van der Waals surface area contributed by atoms with Crippen LogP contribution in [0.25, 0.3) is 16.9 Å². The zero-order chi connectivity index (χ0) is 58.7. The molecule has 7 atom stereocenters. The number of imide groups is 1. The zero-order valence-electron chi connectivity index (χ0n) is 44.0. The number of amides is 5. The fourth-order valence-electron chi connectivity index (χ4n) is 10.9. The number of aryl methyl sites for hydroxylation is 1. The Morgan fingerprint density at radius 2 is 1.68 bits per heavy atom. The van der Waals surface area contributed by atoms with Crippen LogP contribution in [0.1, 0.15) is 80.3 Å². The number of alkyl halides is 3. The summed E-state index contributed by atoms with van der Waals surface area (Å²) in [6, 6.07) is 23.2. The van der Waals surface area contributed by atoms with E-state index in [0.29, 0.717) is 33.7 Å². The molecular weight excluding hydrogens is 1150 g/mol. The fourth-order valence-corrected chi connectivity index (χ4v) is 11.2. The molecule has 27 heteroatoms. The van der Waals surface area contributed by atoms with Crippen molar-refractivity contribution in [2.45, 2.75) is 75.3 Å². The second-order valence-electron chi connectivity index (χ2n) is 20.7. The molecule has 5 aliphatic heterocycles. The third-order valence-corrected chi connectivity index (χ3v) is 15.7. The molecule has 5 aromatic carbocycles. The molecule has 84 heavy (non-hydrogen) atoms. The summed E-state index contributed by atoms with van der Waals surface area (Å²) in [5.74, 6) is -4.17. The number of ether oxygens (including phenoxy) is 5. The van der Waals surface area contributed by atoms with Gasteiger partial charge in [0, 0.05) is 64.9 Å². The minimum Gasteiger partial charge on any atom is -0.493 e. The van der Waals surface area contributed by atoms with Gasteiger partial charge in [0.1, 0.15) is 77.0 Å². The van der Waals surface area contributed by atoms with Gasteiger partial charge in [0.2, 0.25) is 17.7 Å². The van der Waals surface area contributed by atoms with E-state index in [1.165, 1.54) is 27.6 Å². The summed E-state index contributed by atoms with van der Waals surface area (Å²) in [6.07, 6.45) is -9.09. The first-order valence-corrected chi connectivity index (χ1v) is 27.1. The first-order valence-electron chi connectivity index (χ1n) is 26.4. The van der Waals surface area contributed by atoms with Crippen LogP contribution in [0.4, 0.5) is 27.6 Å². The Morgan fingerprint density at radius 3 is 2.42 bits per heavy atom. The van der Waals surface area contributed by atoms with Crippen LogP contribution in [0.5, 0.6) is 5.75 Å². The lowest BCUT2D eigenvalue weighted by Gasteiger charge is -2.49. The summed E-state index contributed by atoms with van der Waals surface area (Å²) in [5, 5.41) is 17.3. The number of hydrogen-bond acceptors (Lipinski definition) is 14. The number of piperidine rings is 1. The smallest absolute Gasteiger partial charge is 0.418 e. The molecule has 5 amide bonds. The highest BCUT2D eigenvalue weighted by atomic mass is 35.5. The molecule has 0 saturated carbocycles. The molecule has 5 aliphatic rings. The summed E-state index contributed by atoms with van der Waals surface area (Å²) >= 11 is 12.1. The first-order chi connectivity index (χ1) is 40.3. The number of fused-ring (bicyclic) bond motifs is 2. The monoisotopic (exact) mass is 1200 g/mol. The largest absolute Gasteiger partial charge is 0.493 e. The lowest BCUT2D eigenvalue weighted by atomic mass is 9.90. The lowest BCUT2D eigenvalue weighted by molar-refractivity contribution is -0.322. The number of nitrogens with one attached hydrogen (secondary N) is 2. The van der Waals surface area contributed by atoms with Crippen molar-refractivity contribution >= 4 is 58.4 Å². The number of halogens is 7. The van der Waals surface area contributed by atoms with Crippen molar-refractivity contribution in [3.05, 3.63) is 170 Å². The number of benzene rings is 5. The predicted octanol–water partition coefficient (Wildman–Crippen LogP) is 8.17. The Morgan fingerprint density at radius 1 is 0.917 bits per heavy atom. The number of carbonyl (C=O) groups excluding carboxylic acids is 5. The van der Waals surface area contributed by atoms with E-state index in [1.807, 2.05) is 0 Å². The van der Waals surface area contributed by atoms with E-state index in [0.717, 1.165) is 35.0 Å². The first kappa shape index (κ1) is 56.3. The summed E-state index contributed by atoms with van der Waals surface area (Å²) in [6.45, 7) is 1.61. The van der Waals surface area contributed by atoms with Crippen molar-refractivity contribution in [1.82, 2.24) is 44.9 Å². The average Bonchev–Trinajstić information content (AvgIpc) is 2.08. The minimum absolute atomic E-state index is 0.0112. The molecular formula is C57H47Cl2F5N10O10. The van der Waals surface area contributed by atoms with Crippen molar-refractivity contribution in [2.75, 3.05) is 38.2 Å². The molecule has 7 aromatic rings. The number of nitrogens with zero attached hydrogens (tertiary/aromatic N) is 8. The van der Waals surface area contributed by atoms with Crippen molar-refractivity contribution in [2.24, 2.45) is 5.92 Å². The van der Waals surface area contributed by atoms with E-state index < -0.39 is 101 Å². The van der Waals surface area contributed by atoms with Crippen LogP contribution in [0.2, 0.25) is 10.0 Å². The second-order valence-corrected chi connectivity index (χ2v) is 21.5. The maximum Gasteiger partial charge on any atom is 0.418 e. The summed E-state index contributed by atoms with van der Waals surface area (Å²) in [7, 11) is 0. The number of likely N-dealkylation sites (tertiary alicyclic amines) is 1. The molecule has 4 fully saturated rings. The second kappa shape index (κ2) is 22.8. The van der Waals surface area contributed by atoms with Gasteiger partial charge >= 0.3 is 6.18 Å². The Labute approximate surface area is 483 Å².